The molecule has 0 aromatic heterocycles. The van der Waals surface area contributed by atoms with Gasteiger partial charge in [0, 0.05) is 5.92 Å². The van der Waals surface area contributed by atoms with Crippen LogP contribution in [0.5, 0.6) is 5.75 Å². The zero-order valence-electron chi connectivity index (χ0n) is 18.2. The van der Waals surface area contributed by atoms with Crippen molar-refractivity contribution in [2.75, 3.05) is 6.61 Å². The molecule has 1 aliphatic carbocycles. The minimum atomic E-state index is -0.487. The summed E-state index contributed by atoms with van der Waals surface area (Å²) in [7, 11) is 0. The monoisotopic (exact) mass is 440 g/mol. The van der Waals surface area contributed by atoms with E-state index in [0.717, 1.165) is 36.1 Å². The molecule has 1 heterocycles. The van der Waals surface area contributed by atoms with Gasteiger partial charge in [-0.2, -0.15) is 5.10 Å². The third-order valence-corrected chi connectivity index (χ3v) is 6.23. The highest BCUT2D eigenvalue weighted by molar-refractivity contribution is 6.08. The Hall–Kier alpha value is -3.73. The smallest absolute Gasteiger partial charge is 0.281 e. The molecule has 0 spiro atoms. The van der Waals surface area contributed by atoms with Crippen molar-refractivity contribution >= 4 is 17.7 Å². The summed E-state index contributed by atoms with van der Waals surface area (Å²) in [6.07, 6.45) is 5.11. The first-order valence-electron chi connectivity index (χ1n) is 11.3. The third-order valence-electron chi connectivity index (χ3n) is 6.23. The zero-order chi connectivity index (χ0) is 22.6. The van der Waals surface area contributed by atoms with Crippen LogP contribution in [-0.4, -0.2) is 23.2 Å². The van der Waals surface area contributed by atoms with Gasteiger partial charge in [-0.1, -0.05) is 72.8 Å². The number of hydrazone groups is 1. The van der Waals surface area contributed by atoms with Gasteiger partial charge in [0.15, 0.2) is 18.2 Å². The van der Waals surface area contributed by atoms with Crippen molar-refractivity contribution in [2.24, 2.45) is 11.0 Å². The van der Waals surface area contributed by atoms with E-state index in [1.807, 2.05) is 48.5 Å². The number of halogens is 1. The Morgan fingerprint density at radius 3 is 2.45 bits per heavy atom. The fraction of sp³-hybridized carbons (Fsp3) is 0.214. The minimum Gasteiger partial charge on any atom is -0.481 e. The SMILES string of the molecule is O=C(COc1ccccc1F)N1N=C2/C(=C/c3ccccc3)CCCC2C1c1ccccc1. The first kappa shape index (κ1) is 21.1. The lowest BCUT2D eigenvalue weighted by molar-refractivity contribution is -0.135. The van der Waals surface area contributed by atoms with E-state index >= 15 is 0 Å². The fourth-order valence-corrected chi connectivity index (χ4v) is 4.71. The van der Waals surface area contributed by atoms with Gasteiger partial charge in [0.05, 0.1) is 11.8 Å². The maximum absolute atomic E-state index is 14.0. The highest BCUT2D eigenvalue weighted by atomic mass is 19.1. The number of ether oxygens (including phenoxy) is 1. The van der Waals surface area contributed by atoms with Gasteiger partial charge in [0.1, 0.15) is 0 Å². The minimum absolute atomic E-state index is 0.0658. The molecule has 4 nitrogen and oxygen atoms in total. The van der Waals surface area contributed by atoms with Crippen molar-refractivity contribution in [3.8, 4) is 5.75 Å². The molecular weight excluding hydrogens is 415 g/mol. The van der Waals surface area contributed by atoms with Gasteiger partial charge >= 0.3 is 0 Å². The maximum atomic E-state index is 14.0. The van der Waals surface area contributed by atoms with Crippen LogP contribution in [0.3, 0.4) is 0 Å². The van der Waals surface area contributed by atoms with Gasteiger partial charge in [-0.15, -0.1) is 0 Å². The molecule has 1 saturated carbocycles. The van der Waals surface area contributed by atoms with Crippen molar-refractivity contribution in [3.63, 3.8) is 0 Å². The van der Waals surface area contributed by atoms with Gasteiger partial charge in [0.2, 0.25) is 0 Å². The van der Waals surface area contributed by atoms with E-state index in [9.17, 15) is 9.18 Å². The predicted molar refractivity (Wildman–Crippen MR) is 127 cm³/mol. The van der Waals surface area contributed by atoms with Crippen LogP contribution in [-0.2, 0) is 4.79 Å². The molecule has 2 unspecified atom stereocenters. The number of hydrogen-bond donors (Lipinski definition) is 0. The number of fused-ring (bicyclic) bond motifs is 1. The summed E-state index contributed by atoms with van der Waals surface area (Å²) in [4.78, 5) is 13.3. The van der Waals surface area contributed by atoms with Crippen LogP contribution in [0.25, 0.3) is 6.08 Å². The summed E-state index contributed by atoms with van der Waals surface area (Å²) >= 11 is 0. The Balaban J connectivity index is 1.46. The summed E-state index contributed by atoms with van der Waals surface area (Å²) in [6, 6.07) is 26.1. The summed E-state index contributed by atoms with van der Waals surface area (Å²) in [5, 5.41) is 6.39. The van der Waals surface area contributed by atoms with Crippen LogP contribution in [0.15, 0.2) is 95.6 Å². The molecule has 166 valence electrons. The van der Waals surface area contributed by atoms with Crippen molar-refractivity contribution in [1.29, 1.82) is 0 Å². The number of nitrogens with zero attached hydrogens (tertiary/aromatic N) is 2. The van der Waals surface area contributed by atoms with Crippen LogP contribution in [0.2, 0.25) is 0 Å². The highest BCUT2D eigenvalue weighted by Crippen LogP contribution is 2.44. The summed E-state index contributed by atoms with van der Waals surface area (Å²) in [6.45, 7) is -0.272. The van der Waals surface area contributed by atoms with Gasteiger partial charge in [-0.05, 0) is 54.2 Å². The number of benzene rings is 3. The van der Waals surface area contributed by atoms with Gasteiger partial charge in [0.25, 0.3) is 5.91 Å². The van der Waals surface area contributed by atoms with E-state index in [0.29, 0.717) is 0 Å². The Labute approximate surface area is 193 Å². The van der Waals surface area contributed by atoms with Crippen LogP contribution in [0.4, 0.5) is 4.39 Å². The average molecular weight is 441 g/mol. The topological polar surface area (TPSA) is 41.9 Å². The quantitative estimate of drug-likeness (QED) is 0.486. The number of rotatable bonds is 5. The van der Waals surface area contributed by atoms with E-state index in [2.05, 4.69) is 18.2 Å². The highest BCUT2D eigenvalue weighted by Gasteiger charge is 2.43. The second kappa shape index (κ2) is 9.41. The van der Waals surface area contributed by atoms with Gasteiger partial charge in [-0.3, -0.25) is 4.79 Å². The Morgan fingerprint density at radius 1 is 1.00 bits per heavy atom. The average Bonchev–Trinajstić information content (AvgIpc) is 3.25. The molecule has 2 aliphatic rings. The van der Waals surface area contributed by atoms with E-state index < -0.39 is 5.82 Å². The molecule has 5 heteroatoms. The van der Waals surface area contributed by atoms with E-state index in [-0.39, 0.29) is 30.2 Å². The maximum Gasteiger partial charge on any atom is 0.281 e. The number of para-hydroxylation sites is 1. The van der Waals surface area contributed by atoms with Crippen molar-refractivity contribution in [2.45, 2.75) is 25.3 Å². The lowest BCUT2D eigenvalue weighted by Gasteiger charge is -2.29. The lowest BCUT2D eigenvalue weighted by atomic mass is 9.77. The number of hydrogen-bond acceptors (Lipinski definition) is 3. The summed E-state index contributed by atoms with van der Waals surface area (Å²) < 4.78 is 19.5. The molecule has 0 bridgehead atoms. The molecule has 3 aromatic carbocycles. The molecule has 1 fully saturated rings. The molecule has 1 aliphatic heterocycles. The molecule has 3 aromatic rings. The standard InChI is InChI=1S/C28H25FN2O2/c29-24-16-7-8-17-25(24)33-19-26(32)31-28(21-12-5-2-6-13-21)23-15-9-14-22(27(23)30-31)18-20-10-3-1-4-11-20/h1-8,10-13,16-18,23,28H,9,14-15,19H2/b22-18+. The number of allylic oxidation sites excluding steroid dienone is 1. The molecule has 2 atom stereocenters. The second-order valence-corrected chi connectivity index (χ2v) is 8.38. The Bertz CT molecular complexity index is 1190. The zero-order valence-corrected chi connectivity index (χ0v) is 18.2. The lowest BCUT2D eigenvalue weighted by Crippen LogP contribution is -2.34. The number of amides is 1. The Kier molecular flexibility index (Phi) is 6.03. The molecule has 1 amide bonds. The fourth-order valence-electron chi connectivity index (χ4n) is 4.71. The van der Waals surface area contributed by atoms with Gasteiger partial charge in [-0.25, -0.2) is 9.40 Å². The second-order valence-electron chi connectivity index (χ2n) is 8.38. The molecule has 5 rings (SSSR count). The van der Waals surface area contributed by atoms with E-state index in [1.165, 1.54) is 17.7 Å². The van der Waals surface area contributed by atoms with Gasteiger partial charge < -0.3 is 4.74 Å². The molecule has 0 saturated heterocycles. The summed E-state index contributed by atoms with van der Waals surface area (Å²) in [5.41, 5.74) is 4.31. The first-order chi connectivity index (χ1) is 16.2. The van der Waals surface area contributed by atoms with Crippen LogP contribution >= 0.6 is 0 Å². The predicted octanol–water partition coefficient (Wildman–Crippen LogP) is 6.03. The number of carbonyl (C=O) groups is 1. The Morgan fingerprint density at radius 2 is 1.70 bits per heavy atom. The van der Waals surface area contributed by atoms with E-state index in [1.54, 1.807) is 17.1 Å². The summed E-state index contributed by atoms with van der Waals surface area (Å²) in [5.74, 6) is -0.586. The third kappa shape index (κ3) is 4.44. The largest absolute Gasteiger partial charge is 0.481 e. The molecular formula is C28H25FN2O2. The van der Waals surface area contributed by atoms with E-state index in [4.69, 9.17) is 9.84 Å². The van der Waals surface area contributed by atoms with Crippen LogP contribution in [0.1, 0.15) is 36.4 Å². The van der Waals surface area contributed by atoms with Crippen LogP contribution in [0, 0.1) is 11.7 Å². The van der Waals surface area contributed by atoms with Crippen molar-refractivity contribution in [1.82, 2.24) is 5.01 Å². The first-order valence-corrected chi connectivity index (χ1v) is 11.3. The normalized spacial score (nSPS) is 20.9. The van der Waals surface area contributed by atoms with Crippen molar-refractivity contribution < 1.29 is 13.9 Å². The molecule has 0 N–H and O–H groups in total. The molecule has 33 heavy (non-hydrogen) atoms. The molecule has 0 radical (unpaired) electrons. The number of carbonyl (C=O) groups excluding carboxylic acids is 1. The van der Waals surface area contributed by atoms with Crippen LogP contribution < -0.4 is 4.74 Å². The van der Waals surface area contributed by atoms with Crippen molar-refractivity contribution in [3.05, 3.63) is 107 Å².